The zero-order chi connectivity index (χ0) is 23.6. The number of benzene rings is 2. The molecule has 1 unspecified atom stereocenters. The maximum atomic E-state index is 9.10. The molecule has 4 rings (SSSR count). The summed E-state index contributed by atoms with van der Waals surface area (Å²) in [6, 6.07) is 16.8. The number of hydrogen-bond donors (Lipinski definition) is 2. The van der Waals surface area contributed by atoms with Crippen LogP contribution in [0.1, 0.15) is 37.3 Å². The van der Waals surface area contributed by atoms with Crippen LogP contribution in [-0.2, 0) is 9.59 Å². The Morgan fingerprint density at radius 2 is 1.79 bits per heavy atom. The van der Waals surface area contributed by atoms with Crippen LogP contribution < -0.4 is 4.74 Å². The maximum Gasteiger partial charge on any atom is 0.414 e. The number of carbonyl (C=O) groups is 2. The molecule has 3 aromatic rings. The van der Waals surface area contributed by atoms with Crippen molar-refractivity contribution in [1.82, 2.24) is 9.88 Å². The third kappa shape index (κ3) is 6.91. The van der Waals surface area contributed by atoms with E-state index in [-0.39, 0.29) is 0 Å². The molecule has 1 aliphatic heterocycles. The van der Waals surface area contributed by atoms with Gasteiger partial charge in [0.2, 0.25) is 0 Å². The van der Waals surface area contributed by atoms with Gasteiger partial charge >= 0.3 is 11.9 Å². The predicted octanol–water partition coefficient (Wildman–Crippen LogP) is 5.04. The molecule has 1 aliphatic rings. The quantitative estimate of drug-likeness (QED) is 0.384. The first-order chi connectivity index (χ1) is 16.0. The fraction of sp³-hybridized carbons (Fsp3) is 0.320. The van der Waals surface area contributed by atoms with Crippen molar-refractivity contribution in [2.45, 2.75) is 31.7 Å². The number of fused-ring (bicyclic) bond motifs is 1. The number of aromatic nitrogens is 1. The lowest BCUT2D eigenvalue weighted by Gasteiger charge is -2.35. The van der Waals surface area contributed by atoms with Gasteiger partial charge in [0.1, 0.15) is 5.75 Å². The van der Waals surface area contributed by atoms with E-state index in [1.807, 2.05) is 48.8 Å². The van der Waals surface area contributed by atoms with E-state index in [4.69, 9.17) is 36.1 Å². The summed E-state index contributed by atoms with van der Waals surface area (Å²) < 4.78 is 6.11. The lowest BCUT2D eigenvalue weighted by Crippen LogP contribution is -2.34. The van der Waals surface area contributed by atoms with Crippen molar-refractivity contribution in [3.63, 3.8) is 0 Å². The minimum atomic E-state index is -1.82. The smallest absolute Gasteiger partial charge is 0.414 e. The first kappa shape index (κ1) is 24.5. The minimum Gasteiger partial charge on any atom is -0.493 e. The molecule has 33 heavy (non-hydrogen) atoms. The van der Waals surface area contributed by atoms with Crippen molar-refractivity contribution in [1.29, 1.82) is 0 Å². The van der Waals surface area contributed by atoms with Crippen LogP contribution in [0.2, 0.25) is 5.02 Å². The number of carboxylic acid groups (broad SMARTS) is 2. The molecule has 1 aromatic heterocycles. The Morgan fingerprint density at radius 3 is 2.48 bits per heavy atom. The third-order valence-corrected chi connectivity index (χ3v) is 5.87. The molecule has 8 heteroatoms. The van der Waals surface area contributed by atoms with Gasteiger partial charge < -0.3 is 14.9 Å². The van der Waals surface area contributed by atoms with Gasteiger partial charge in [-0.05, 0) is 49.6 Å². The average Bonchev–Trinajstić information content (AvgIpc) is 2.84. The number of piperidine rings is 1. The molecular formula is C25H27ClN2O5. The van der Waals surface area contributed by atoms with Gasteiger partial charge in [0, 0.05) is 40.8 Å². The fourth-order valence-corrected chi connectivity index (χ4v) is 4.25. The molecular weight excluding hydrogens is 444 g/mol. The van der Waals surface area contributed by atoms with E-state index >= 15 is 0 Å². The number of pyridine rings is 1. The number of likely N-dealkylation sites (tertiary alicyclic amines) is 1. The average molecular weight is 471 g/mol. The van der Waals surface area contributed by atoms with Crippen LogP contribution in [0.4, 0.5) is 0 Å². The van der Waals surface area contributed by atoms with Crippen LogP contribution >= 0.6 is 11.6 Å². The second kappa shape index (κ2) is 12.2. The lowest BCUT2D eigenvalue weighted by atomic mass is 9.96. The molecule has 1 fully saturated rings. The van der Waals surface area contributed by atoms with Crippen LogP contribution in [0.15, 0.2) is 60.9 Å². The molecule has 0 bridgehead atoms. The number of aliphatic carboxylic acids is 2. The molecule has 0 spiro atoms. The number of nitrogens with zero attached hydrogens (tertiary/aromatic N) is 2. The molecule has 1 atom stereocenters. The van der Waals surface area contributed by atoms with Crippen LogP contribution in [0.3, 0.4) is 0 Å². The van der Waals surface area contributed by atoms with Crippen molar-refractivity contribution in [3.05, 3.63) is 71.5 Å². The van der Waals surface area contributed by atoms with E-state index in [0.29, 0.717) is 12.6 Å². The normalized spacial score (nSPS) is 16.0. The molecule has 2 aromatic carbocycles. The first-order valence-corrected chi connectivity index (χ1v) is 11.3. The highest BCUT2D eigenvalue weighted by atomic mass is 35.5. The maximum absolute atomic E-state index is 9.10. The molecule has 7 nitrogen and oxygen atoms in total. The van der Waals surface area contributed by atoms with Gasteiger partial charge in [0.05, 0.1) is 6.61 Å². The van der Waals surface area contributed by atoms with E-state index in [0.717, 1.165) is 41.1 Å². The standard InChI is InChI=1S/C23H25ClN2O.C2H2O4/c24-21-11-12-23(20-9-2-1-8-19(20)21)27-16-6-15-26-14-4-3-10-22(26)18-7-5-13-25-17-18;3-1(4)2(5)6/h1-2,5,7-9,11-13,17,22H,3-4,6,10,14-16H2;(H,3,4)(H,5,6). The van der Waals surface area contributed by atoms with Crippen LogP contribution in [0.25, 0.3) is 10.8 Å². The van der Waals surface area contributed by atoms with Crippen molar-refractivity contribution in [3.8, 4) is 5.75 Å². The molecule has 0 amide bonds. The van der Waals surface area contributed by atoms with Gasteiger partial charge in [-0.1, -0.05) is 48.4 Å². The molecule has 0 radical (unpaired) electrons. The van der Waals surface area contributed by atoms with Gasteiger partial charge in [-0.2, -0.15) is 0 Å². The van der Waals surface area contributed by atoms with E-state index in [2.05, 4.69) is 22.0 Å². The molecule has 2 heterocycles. The fourth-order valence-electron chi connectivity index (χ4n) is 4.02. The second-order valence-electron chi connectivity index (χ2n) is 7.74. The molecule has 0 saturated carbocycles. The molecule has 0 aliphatic carbocycles. The molecule has 174 valence electrons. The summed E-state index contributed by atoms with van der Waals surface area (Å²) in [5.74, 6) is -2.73. The molecule has 1 saturated heterocycles. The zero-order valence-electron chi connectivity index (χ0n) is 18.2. The summed E-state index contributed by atoms with van der Waals surface area (Å²) in [5.41, 5.74) is 1.34. The number of ether oxygens (including phenoxy) is 1. The van der Waals surface area contributed by atoms with Crippen molar-refractivity contribution in [2.24, 2.45) is 0 Å². The minimum absolute atomic E-state index is 0.490. The van der Waals surface area contributed by atoms with Gasteiger partial charge in [-0.3, -0.25) is 9.88 Å². The number of carboxylic acids is 2. The Hall–Kier alpha value is -3.16. The summed E-state index contributed by atoms with van der Waals surface area (Å²) in [6.07, 6.45) is 8.66. The van der Waals surface area contributed by atoms with E-state index in [9.17, 15) is 0 Å². The Morgan fingerprint density at radius 1 is 1.03 bits per heavy atom. The number of halogens is 1. The van der Waals surface area contributed by atoms with Gasteiger partial charge in [-0.25, -0.2) is 9.59 Å². The topological polar surface area (TPSA) is 100.0 Å². The summed E-state index contributed by atoms with van der Waals surface area (Å²) in [6.45, 7) is 2.91. The van der Waals surface area contributed by atoms with Crippen LogP contribution in [0, 0.1) is 0 Å². The van der Waals surface area contributed by atoms with Crippen molar-refractivity contribution >= 4 is 34.3 Å². The monoisotopic (exact) mass is 470 g/mol. The molecule has 2 N–H and O–H groups in total. The van der Waals surface area contributed by atoms with Gasteiger partial charge in [-0.15, -0.1) is 0 Å². The largest absolute Gasteiger partial charge is 0.493 e. The Bertz CT molecular complexity index is 1060. The summed E-state index contributed by atoms with van der Waals surface area (Å²) >= 11 is 6.30. The van der Waals surface area contributed by atoms with E-state index < -0.39 is 11.9 Å². The Labute approximate surface area is 197 Å². The van der Waals surface area contributed by atoms with Gasteiger partial charge in [0.15, 0.2) is 0 Å². The zero-order valence-corrected chi connectivity index (χ0v) is 18.9. The predicted molar refractivity (Wildman–Crippen MR) is 127 cm³/mol. The second-order valence-corrected chi connectivity index (χ2v) is 8.14. The summed E-state index contributed by atoms with van der Waals surface area (Å²) in [7, 11) is 0. The van der Waals surface area contributed by atoms with Crippen LogP contribution in [-0.4, -0.2) is 51.7 Å². The van der Waals surface area contributed by atoms with Crippen LogP contribution in [0.5, 0.6) is 5.75 Å². The highest BCUT2D eigenvalue weighted by Gasteiger charge is 2.23. The Kier molecular flexibility index (Phi) is 9.04. The van der Waals surface area contributed by atoms with Gasteiger partial charge in [0.25, 0.3) is 0 Å². The number of hydrogen-bond acceptors (Lipinski definition) is 5. The Balaban J connectivity index is 0.000000454. The van der Waals surface area contributed by atoms with Crippen molar-refractivity contribution < 1.29 is 24.5 Å². The van der Waals surface area contributed by atoms with E-state index in [1.165, 1.54) is 24.8 Å². The van der Waals surface area contributed by atoms with E-state index in [1.54, 1.807) is 0 Å². The lowest BCUT2D eigenvalue weighted by molar-refractivity contribution is -0.159. The third-order valence-electron chi connectivity index (χ3n) is 5.54. The highest BCUT2D eigenvalue weighted by Crippen LogP contribution is 2.32. The first-order valence-electron chi connectivity index (χ1n) is 10.9. The van der Waals surface area contributed by atoms with Crippen molar-refractivity contribution in [2.75, 3.05) is 19.7 Å². The summed E-state index contributed by atoms with van der Waals surface area (Å²) in [4.78, 5) is 25.1. The highest BCUT2D eigenvalue weighted by molar-refractivity contribution is 6.35. The summed E-state index contributed by atoms with van der Waals surface area (Å²) in [5, 5.41) is 17.7. The number of rotatable bonds is 6. The SMILES string of the molecule is Clc1ccc(OCCCN2CCCCC2c2cccnc2)c2ccccc12.O=C(O)C(=O)O.